The third-order valence-corrected chi connectivity index (χ3v) is 7.51. The Balaban J connectivity index is 1.56. The van der Waals surface area contributed by atoms with Gasteiger partial charge >= 0.3 is 5.97 Å². The number of aliphatic hydroxyl groups excluding tert-OH is 1. The lowest BCUT2D eigenvalue weighted by Gasteiger charge is -2.25. The molecule has 30 heavy (non-hydrogen) atoms. The minimum atomic E-state index is -0.953. The van der Waals surface area contributed by atoms with Gasteiger partial charge in [-0.05, 0) is 37.0 Å². The Hall–Kier alpha value is -1.90. The fourth-order valence-electron chi connectivity index (χ4n) is 3.69. The van der Waals surface area contributed by atoms with E-state index in [0.29, 0.717) is 6.42 Å². The van der Waals surface area contributed by atoms with E-state index in [4.69, 9.17) is 5.11 Å². The lowest BCUT2D eigenvalue weighted by atomic mass is 10.0. The molecule has 0 spiro atoms. The van der Waals surface area contributed by atoms with Crippen molar-refractivity contribution in [3.8, 4) is 0 Å². The molecule has 1 aromatic heterocycles. The van der Waals surface area contributed by atoms with Gasteiger partial charge in [-0.1, -0.05) is 50.1 Å². The molecule has 0 unspecified atom stereocenters. The van der Waals surface area contributed by atoms with Crippen LogP contribution in [0.3, 0.4) is 0 Å². The molecule has 1 amide bonds. The predicted octanol–water partition coefficient (Wildman–Crippen LogP) is 5.13. The number of carboxylic acids is 1. The van der Waals surface area contributed by atoms with Crippen LogP contribution in [0.15, 0.2) is 34.8 Å². The molecular weight excluding hydrogens is 420 g/mol. The molecule has 2 aromatic rings. The fraction of sp³-hybridized carbons (Fsp3) is 0.500. The van der Waals surface area contributed by atoms with Crippen molar-refractivity contribution in [1.29, 1.82) is 0 Å². The topological polar surface area (TPSA) is 90.7 Å². The summed E-state index contributed by atoms with van der Waals surface area (Å²) in [4.78, 5) is 29.7. The number of nitrogens with zero attached hydrogens (tertiary/aromatic N) is 2. The number of carbonyl (C=O) groups excluding carboxylic acids is 1. The molecule has 8 heteroatoms. The summed E-state index contributed by atoms with van der Waals surface area (Å²) in [6.45, 7) is 2.15. The zero-order valence-corrected chi connectivity index (χ0v) is 18.8. The van der Waals surface area contributed by atoms with Gasteiger partial charge in [0.2, 0.25) is 5.91 Å². The summed E-state index contributed by atoms with van der Waals surface area (Å²) in [7, 11) is 0. The Morgan fingerprint density at radius 2 is 2.10 bits per heavy atom. The average molecular weight is 449 g/mol. The van der Waals surface area contributed by atoms with Crippen LogP contribution in [0.2, 0.25) is 0 Å². The highest BCUT2D eigenvalue weighted by Gasteiger charge is 2.31. The van der Waals surface area contributed by atoms with Gasteiger partial charge in [-0.2, -0.15) is 0 Å². The number of rotatable bonds is 11. The molecule has 6 nitrogen and oxygen atoms in total. The highest BCUT2D eigenvalue weighted by molar-refractivity contribution is 8.01. The minimum Gasteiger partial charge on any atom is -0.477 e. The van der Waals surface area contributed by atoms with E-state index in [1.54, 1.807) is 0 Å². The van der Waals surface area contributed by atoms with Crippen molar-refractivity contribution < 1.29 is 19.8 Å². The fourth-order valence-corrected chi connectivity index (χ4v) is 5.62. The van der Waals surface area contributed by atoms with Crippen LogP contribution in [0, 0.1) is 0 Å². The van der Waals surface area contributed by atoms with E-state index < -0.39 is 12.1 Å². The van der Waals surface area contributed by atoms with Gasteiger partial charge in [-0.25, -0.2) is 9.78 Å². The van der Waals surface area contributed by atoms with Gasteiger partial charge in [-0.15, -0.1) is 11.3 Å². The van der Waals surface area contributed by atoms with Crippen molar-refractivity contribution in [2.45, 2.75) is 68.4 Å². The summed E-state index contributed by atoms with van der Waals surface area (Å²) in [6.07, 6.45) is 7.13. The first-order valence-corrected chi connectivity index (χ1v) is 12.2. The smallest absolute Gasteiger partial charge is 0.347 e. The van der Waals surface area contributed by atoms with Crippen molar-refractivity contribution in [1.82, 2.24) is 4.98 Å². The lowest BCUT2D eigenvalue weighted by Crippen LogP contribution is -2.33. The normalized spacial score (nSPS) is 17.5. The number of benzene rings is 1. The number of aliphatic hydroxyl groups is 1. The van der Waals surface area contributed by atoms with E-state index >= 15 is 0 Å². The van der Waals surface area contributed by atoms with Crippen molar-refractivity contribution in [3.63, 3.8) is 0 Å². The number of aromatic carboxylic acids is 1. The Bertz CT molecular complexity index is 853. The number of thioether (sulfide) groups is 1. The average Bonchev–Trinajstić information content (AvgIpc) is 3.35. The maximum atomic E-state index is 12.5. The van der Waals surface area contributed by atoms with Crippen LogP contribution in [-0.4, -0.2) is 38.9 Å². The molecule has 0 saturated carbocycles. The molecule has 0 radical (unpaired) electrons. The zero-order valence-electron chi connectivity index (χ0n) is 17.1. The van der Waals surface area contributed by atoms with Crippen LogP contribution < -0.4 is 4.90 Å². The van der Waals surface area contributed by atoms with Crippen molar-refractivity contribution in [3.05, 3.63) is 40.9 Å². The highest BCUT2D eigenvalue weighted by atomic mass is 32.2. The van der Waals surface area contributed by atoms with Crippen molar-refractivity contribution in [2.75, 3.05) is 10.7 Å². The first kappa shape index (κ1) is 22.8. The van der Waals surface area contributed by atoms with Crippen LogP contribution >= 0.6 is 23.1 Å². The van der Waals surface area contributed by atoms with Gasteiger partial charge in [0.25, 0.3) is 0 Å². The summed E-state index contributed by atoms with van der Waals surface area (Å²) in [5.74, 6) is -0.0515. The summed E-state index contributed by atoms with van der Waals surface area (Å²) < 4.78 is 0.740. The van der Waals surface area contributed by atoms with E-state index in [-0.39, 0.29) is 16.8 Å². The SMILES string of the molecule is CCCCC[C@H](O)c1ccc(N2C(=O)CC[C@@H]2CCSc2ncc(C(=O)O)s2)cc1. The summed E-state index contributed by atoms with van der Waals surface area (Å²) in [6, 6.07) is 7.84. The van der Waals surface area contributed by atoms with Gasteiger partial charge in [0.1, 0.15) is 4.88 Å². The third-order valence-electron chi connectivity index (χ3n) is 5.33. The molecule has 162 valence electrons. The standard InChI is InChI=1S/C22H28N2O4S2/c1-2-3-4-5-18(25)15-6-8-16(9-7-15)24-17(10-11-20(24)26)12-13-29-22-23-14-19(30-22)21(27)28/h6-9,14,17-18,25H,2-5,10-13H2,1H3,(H,27,28)/t17-,18+/m1/s1. The Labute approximate surface area is 185 Å². The molecule has 1 aliphatic rings. The third kappa shape index (κ3) is 5.83. The van der Waals surface area contributed by atoms with Crippen molar-refractivity contribution in [2.24, 2.45) is 0 Å². The van der Waals surface area contributed by atoms with Crippen LogP contribution in [0.25, 0.3) is 0 Å². The lowest BCUT2D eigenvalue weighted by molar-refractivity contribution is -0.117. The number of anilines is 1. The number of hydrogen-bond acceptors (Lipinski definition) is 6. The largest absolute Gasteiger partial charge is 0.477 e. The number of unbranched alkanes of at least 4 members (excludes halogenated alkanes) is 2. The molecule has 1 saturated heterocycles. The predicted molar refractivity (Wildman–Crippen MR) is 120 cm³/mol. The molecule has 2 atom stereocenters. The van der Waals surface area contributed by atoms with Crippen LogP contribution in [0.4, 0.5) is 5.69 Å². The van der Waals surface area contributed by atoms with Crippen LogP contribution in [0.5, 0.6) is 0 Å². The van der Waals surface area contributed by atoms with E-state index in [1.807, 2.05) is 29.2 Å². The van der Waals surface area contributed by atoms with Gasteiger partial charge in [-0.3, -0.25) is 4.79 Å². The minimum absolute atomic E-state index is 0.128. The molecule has 2 N–H and O–H groups in total. The summed E-state index contributed by atoms with van der Waals surface area (Å²) >= 11 is 2.71. The van der Waals surface area contributed by atoms with E-state index in [1.165, 1.54) is 29.3 Å². The molecular formula is C22H28N2O4S2. The molecule has 0 bridgehead atoms. The number of hydrogen-bond donors (Lipinski definition) is 2. The molecule has 1 fully saturated rings. The Morgan fingerprint density at radius 3 is 2.77 bits per heavy atom. The quantitative estimate of drug-likeness (QED) is 0.366. The molecule has 3 rings (SSSR count). The van der Waals surface area contributed by atoms with Gasteiger partial charge in [0.15, 0.2) is 4.34 Å². The van der Waals surface area contributed by atoms with E-state index in [0.717, 1.165) is 59.9 Å². The van der Waals surface area contributed by atoms with Gasteiger partial charge < -0.3 is 15.1 Å². The van der Waals surface area contributed by atoms with Crippen molar-refractivity contribution >= 4 is 40.7 Å². The number of carboxylic acid groups (broad SMARTS) is 1. The first-order valence-electron chi connectivity index (χ1n) is 10.4. The molecule has 0 aliphatic carbocycles. The molecule has 1 aromatic carbocycles. The maximum absolute atomic E-state index is 12.5. The Morgan fingerprint density at radius 1 is 1.33 bits per heavy atom. The van der Waals surface area contributed by atoms with E-state index in [9.17, 15) is 14.7 Å². The van der Waals surface area contributed by atoms with Gasteiger partial charge in [0.05, 0.1) is 12.3 Å². The number of carbonyl (C=O) groups is 2. The highest BCUT2D eigenvalue weighted by Crippen LogP contribution is 2.32. The Kier molecular flexibility index (Phi) is 8.30. The number of thiazole rings is 1. The first-order chi connectivity index (χ1) is 14.5. The molecule has 2 heterocycles. The number of aromatic nitrogens is 1. The summed E-state index contributed by atoms with van der Waals surface area (Å²) in [5, 5.41) is 19.3. The number of amides is 1. The van der Waals surface area contributed by atoms with Gasteiger partial charge in [0, 0.05) is 23.9 Å². The zero-order chi connectivity index (χ0) is 21.5. The van der Waals surface area contributed by atoms with Crippen LogP contribution in [0.1, 0.15) is 73.2 Å². The van der Waals surface area contributed by atoms with E-state index in [2.05, 4.69) is 11.9 Å². The maximum Gasteiger partial charge on any atom is 0.347 e. The summed E-state index contributed by atoms with van der Waals surface area (Å²) in [5.41, 5.74) is 1.77. The second-order valence-corrected chi connectivity index (χ2v) is 9.86. The van der Waals surface area contributed by atoms with Crippen LogP contribution in [-0.2, 0) is 4.79 Å². The monoisotopic (exact) mass is 448 g/mol. The second kappa shape index (κ2) is 10.9. The molecule has 1 aliphatic heterocycles. The second-order valence-electron chi connectivity index (χ2n) is 7.49.